The molecule has 1 N–H and O–H groups in total. The van der Waals surface area contributed by atoms with E-state index in [4.69, 9.17) is 4.74 Å². The Kier molecular flexibility index (Phi) is 4.09. The highest BCUT2D eigenvalue weighted by atomic mass is 16.6. The van der Waals surface area contributed by atoms with Gasteiger partial charge in [-0.15, -0.1) is 0 Å². The second kappa shape index (κ2) is 5.31. The SMILES string of the molecule is CC1(NCC2CCN(C(=O)OC(C)(C)C)CC2)CC1. The van der Waals surface area contributed by atoms with Crippen LogP contribution in [0.25, 0.3) is 0 Å². The van der Waals surface area contributed by atoms with E-state index >= 15 is 0 Å². The van der Waals surface area contributed by atoms with Crippen molar-refractivity contribution in [2.24, 2.45) is 5.92 Å². The summed E-state index contributed by atoms with van der Waals surface area (Å²) in [4.78, 5) is 13.8. The number of ether oxygens (including phenoxy) is 1. The molecule has 4 nitrogen and oxygen atoms in total. The second-order valence-corrected chi connectivity index (χ2v) is 7.35. The number of nitrogens with one attached hydrogen (secondary N) is 1. The molecule has 1 saturated carbocycles. The predicted octanol–water partition coefficient (Wildman–Crippen LogP) is 2.78. The fourth-order valence-corrected chi connectivity index (χ4v) is 2.40. The molecule has 0 aromatic carbocycles. The van der Waals surface area contributed by atoms with E-state index in [2.05, 4.69) is 12.2 Å². The molecule has 0 aromatic rings. The van der Waals surface area contributed by atoms with Crippen LogP contribution in [0.3, 0.4) is 0 Å². The number of likely N-dealkylation sites (tertiary alicyclic amines) is 1. The molecule has 2 aliphatic rings. The molecular weight excluding hydrogens is 240 g/mol. The maximum Gasteiger partial charge on any atom is 0.410 e. The van der Waals surface area contributed by atoms with E-state index in [1.165, 1.54) is 12.8 Å². The zero-order chi connectivity index (χ0) is 14.1. The quantitative estimate of drug-likeness (QED) is 0.855. The zero-order valence-electron chi connectivity index (χ0n) is 12.8. The van der Waals surface area contributed by atoms with E-state index in [-0.39, 0.29) is 6.09 Å². The number of nitrogens with zero attached hydrogens (tertiary/aromatic N) is 1. The Morgan fingerprint density at radius 2 is 1.89 bits per heavy atom. The van der Waals surface area contributed by atoms with Crippen LogP contribution < -0.4 is 5.32 Å². The van der Waals surface area contributed by atoms with Gasteiger partial charge < -0.3 is 15.0 Å². The lowest BCUT2D eigenvalue weighted by atomic mass is 9.96. The molecule has 19 heavy (non-hydrogen) atoms. The van der Waals surface area contributed by atoms with Crippen LogP contribution in [0, 0.1) is 5.92 Å². The molecule has 0 unspecified atom stereocenters. The molecule has 0 spiro atoms. The number of rotatable bonds is 3. The number of amides is 1. The van der Waals surface area contributed by atoms with Gasteiger partial charge in [0.15, 0.2) is 0 Å². The van der Waals surface area contributed by atoms with Crippen LogP contribution in [0.2, 0.25) is 0 Å². The van der Waals surface area contributed by atoms with Gasteiger partial charge in [-0.25, -0.2) is 4.79 Å². The second-order valence-electron chi connectivity index (χ2n) is 7.35. The van der Waals surface area contributed by atoms with Crippen molar-refractivity contribution in [2.45, 2.75) is 64.5 Å². The Labute approximate surface area is 116 Å². The Hall–Kier alpha value is -0.770. The van der Waals surface area contributed by atoms with E-state index in [9.17, 15) is 4.79 Å². The number of hydrogen-bond donors (Lipinski definition) is 1. The van der Waals surface area contributed by atoms with Gasteiger partial charge in [0.05, 0.1) is 0 Å². The summed E-state index contributed by atoms with van der Waals surface area (Å²) in [5.41, 5.74) is 0.0261. The molecule has 1 aliphatic heterocycles. The minimum atomic E-state index is -0.393. The fourth-order valence-electron chi connectivity index (χ4n) is 2.40. The van der Waals surface area contributed by atoms with Crippen LogP contribution in [0.1, 0.15) is 53.4 Å². The number of carbonyl (C=O) groups excluding carboxylic acids is 1. The lowest BCUT2D eigenvalue weighted by Gasteiger charge is -2.34. The molecule has 1 saturated heterocycles. The van der Waals surface area contributed by atoms with Crippen molar-refractivity contribution in [3.8, 4) is 0 Å². The summed E-state index contributed by atoms with van der Waals surface area (Å²) in [7, 11) is 0. The summed E-state index contributed by atoms with van der Waals surface area (Å²) in [6, 6.07) is 0. The van der Waals surface area contributed by atoms with E-state index in [1.54, 1.807) is 0 Å². The summed E-state index contributed by atoms with van der Waals surface area (Å²) in [5, 5.41) is 3.65. The maximum absolute atomic E-state index is 11.9. The van der Waals surface area contributed by atoms with Crippen LogP contribution in [-0.4, -0.2) is 41.8 Å². The van der Waals surface area contributed by atoms with E-state index in [1.807, 2.05) is 25.7 Å². The van der Waals surface area contributed by atoms with E-state index in [0.717, 1.165) is 32.5 Å². The molecule has 0 atom stereocenters. The first kappa shape index (κ1) is 14.6. The topological polar surface area (TPSA) is 41.6 Å². The minimum absolute atomic E-state index is 0.159. The molecule has 2 fully saturated rings. The van der Waals surface area contributed by atoms with Crippen LogP contribution in [0.4, 0.5) is 4.79 Å². The Morgan fingerprint density at radius 3 is 2.37 bits per heavy atom. The Bertz CT molecular complexity index is 324. The van der Waals surface area contributed by atoms with Crippen LogP contribution >= 0.6 is 0 Å². The van der Waals surface area contributed by atoms with Crippen molar-refractivity contribution < 1.29 is 9.53 Å². The standard InChI is InChI=1S/C15H28N2O2/c1-14(2,3)19-13(18)17-9-5-12(6-10-17)11-16-15(4)7-8-15/h12,16H,5-11H2,1-4H3. The molecule has 0 aromatic heterocycles. The lowest BCUT2D eigenvalue weighted by Crippen LogP contribution is -2.44. The van der Waals surface area contributed by atoms with Gasteiger partial charge in [-0.05, 0) is 65.8 Å². The molecule has 2 rings (SSSR count). The molecular formula is C15H28N2O2. The Balaban J connectivity index is 1.68. The van der Waals surface area contributed by atoms with Gasteiger partial charge >= 0.3 is 6.09 Å². The molecule has 4 heteroatoms. The minimum Gasteiger partial charge on any atom is -0.444 e. The number of hydrogen-bond acceptors (Lipinski definition) is 3. The molecule has 0 radical (unpaired) electrons. The average Bonchev–Trinajstić information content (AvgIpc) is 3.04. The molecule has 1 aliphatic carbocycles. The predicted molar refractivity (Wildman–Crippen MR) is 76.2 cm³/mol. The zero-order valence-corrected chi connectivity index (χ0v) is 12.8. The van der Waals surface area contributed by atoms with Crippen LogP contribution in [0.5, 0.6) is 0 Å². The van der Waals surface area contributed by atoms with Gasteiger partial charge in [-0.2, -0.15) is 0 Å². The van der Waals surface area contributed by atoms with Crippen LogP contribution in [-0.2, 0) is 4.74 Å². The Morgan fingerprint density at radius 1 is 1.32 bits per heavy atom. The van der Waals surface area contributed by atoms with Gasteiger partial charge in [0.25, 0.3) is 0 Å². The van der Waals surface area contributed by atoms with Crippen molar-refractivity contribution in [1.82, 2.24) is 10.2 Å². The van der Waals surface area contributed by atoms with Gasteiger partial charge in [-0.3, -0.25) is 0 Å². The third-order valence-corrected chi connectivity index (χ3v) is 4.08. The average molecular weight is 268 g/mol. The van der Waals surface area contributed by atoms with Crippen molar-refractivity contribution in [2.75, 3.05) is 19.6 Å². The first-order chi connectivity index (χ1) is 8.77. The largest absolute Gasteiger partial charge is 0.444 e. The van der Waals surface area contributed by atoms with Gasteiger partial charge in [-0.1, -0.05) is 0 Å². The third-order valence-electron chi connectivity index (χ3n) is 4.08. The van der Waals surface area contributed by atoms with Crippen molar-refractivity contribution >= 4 is 6.09 Å². The van der Waals surface area contributed by atoms with Gasteiger partial charge in [0, 0.05) is 18.6 Å². The van der Waals surface area contributed by atoms with Crippen molar-refractivity contribution in [3.63, 3.8) is 0 Å². The molecule has 1 heterocycles. The highest BCUT2D eigenvalue weighted by Crippen LogP contribution is 2.34. The first-order valence-electron chi connectivity index (χ1n) is 7.50. The molecule has 1 amide bonds. The van der Waals surface area contributed by atoms with Gasteiger partial charge in [0.1, 0.15) is 5.60 Å². The van der Waals surface area contributed by atoms with E-state index in [0.29, 0.717) is 11.5 Å². The maximum atomic E-state index is 11.9. The van der Waals surface area contributed by atoms with Gasteiger partial charge in [0.2, 0.25) is 0 Å². The van der Waals surface area contributed by atoms with Crippen molar-refractivity contribution in [1.29, 1.82) is 0 Å². The summed E-state index contributed by atoms with van der Waals surface area (Å²) in [6.45, 7) is 10.8. The summed E-state index contributed by atoms with van der Waals surface area (Å²) in [5.74, 6) is 0.705. The van der Waals surface area contributed by atoms with Crippen molar-refractivity contribution in [3.05, 3.63) is 0 Å². The lowest BCUT2D eigenvalue weighted by molar-refractivity contribution is 0.0183. The monoisotopic (exact) mass is 268 g/mol. The fraction of sp³-hybridized carbons (Fsp3) is 0.933. The molecule has 110 valence electrons. The number of piperidine rings is 1. The van der Waals surface area contributed by atoms with Crippen LogP contribution in [0.15, 0.2) is 0 Å². The summed E-state index contributed by atoms with van der Waals surface area (Å²) >= 11 is 0. The number of carbonyl (C=O) groups is 1. The normalized spacial score (nSPS) is 23.3. The molecule has 0 bridgehead atoms. The summed E-state index contributed by atoms with van der Waals surface area (Å²) in [6.07, 6.45) is 4.63. The highest BCUT2D eigenvalue weighted by molar-refractivity contribution is 5.68. The summed E-state index contributed by atoms with van der Waals surface area (Å²) < 4.78 is 5.41. The third kappa shape index (κ3) is 4.68. The highest BCUT2D eigenvalue weighted by Gasteiger charge is 2.37. The smallest absolute Gasteiger partial charge is 0.410 e. The first-order valence-corrected chi connectivity index (χ1v) is 7.50. The van der Waals surface area contributed by atoms with E-state index < -0.39 is 5.60 Å².